The van der Waals surface area contributed by atoms with Crippen LogP contribution in [0.4, 0.5) is 5.69 Å². The maximum atomic E-state index is 13.2. The van der Waals surface area contributed by atoms with Crippen molar-refractivity contribution in [3.8, 4) is 0 Å². The Morgan fingerprint density at radius 3 is 2.36 bits per heavy atom. The van der Waals surface area contributed by atoms with Crippen molar-refractivity contribution in [3.05, 3.63) is 69.7 Å². The summed E-state index contributed by atoms with van der Waals surface area (Å²) in [7, 11) is 0. The molecule has 3 aromatic rings. The summed E-state index contributed by atoms with van der Waals surface area (Å²) in [5, 5.41) is 10.2. The van der Waals surface area contributed by atoms with Crippen molar-refractivity contribution in [1.82, 2.24) is 14.5 Å². The average Bonchev–Trinajstić information content (AvgIpc) is 2.85. The lowest BCUT2D eigenvalue weighted by Gasteiger charge is -2.35. The summed E-state index contributed by atoms with van der Waals surface area (Å²) in [6.45, 7) is 3.91. The van der Waals surface area contributed by atoms with E-state index < -0.39 is 11.9 Å². The molecule has 1 saturated heterocycles. The molecule has 2 aromatic carbocycles. The first kappa shape index (κ1) is 25.4. The average molecular weight is 511 g/mol. The van der Waals surface area contributed by atoms with Crippen LogP contribution in [0.1, 0.15) is 31.2 Å². The second kappa shape index (κ2) is 10.9. The summed E-state index contributed by atoms with van der Waals surface area (Å²) < 4.78 is 1.27. The molecule has 36 heavy (non-hydrogen) atoms. The molecule has 0 bridgehead atoms. The lowest BCUT2D eigenvalue weighted by molar-refractivity contribution is -0.137. The van der Waals surface area contributed by atoms with E-state index in [2.05, 4.69) is 9.88 Å². The van der Waals surface area contributed by atoms with Gasteiger partial charge in [0.2, 0.25) is 5.91 Å². The van der Waals surface area contributed by atoms with Crippen molar-refractivity contribution in [2.45, 2.75) is 32.2 Å². The number of hydrogen-bond acceptors (Lipinski definition) is 6. The van der Waals surface area contributed by atoms with Crippen molar-refractivity contribution in [2.24, 2.45) is 0 Å². The highest BCUT2D eigenvalue weighted by atomic mass is 35.5. The van der Waals surface area contributed by atoms with Crippen LogP contribution in [0, 0.1) is 0 Å². The lowest BCUT2D eigenvalue weighted by atomic mass is 9.91. The van der Waals surface area contributed by atoms with Crippen molar-refractivity contribution in [1.29, 1.82) is 0 Å². The van der Waals surface area contributed by atoms with E-state index in [0.29, 0.717) is 47.7 Å². The number of anilines is 1. The Balaban J connectivity index is 1.51. The summed E-state index contributed by atoms with van der Waals surface area (Å²) in [4.78, 5) is 57.3. The molecule has 1 aliphatic heterocycles. The minimum atomic E-state index is -1.01. The van der Waals surface area contributed by atoms with Gasteiger partial charge in [0.1, 0.15) is 0 Å². The molecule has 188 valence electrons. The number of aromatic nitrogens is 2. The van der Waals surface area contributed by atoms with Gasteiger partial charge in [-0.25, -0.2) is 4.98 Å². The third-order valence-electron chi connectivity index (χ3n) is 6.48. The van der Waals surface area contributed by atoms with Crippen LogP contribution in [-0.4, -0.2) is 63.4 Å². The van der Waals surface area contributed by atoms with Crippen LogP contribution in [-0.2, 0) is 20.9 Å². The van der Waals surface area contributed by atoms with Crippen LogP contribution >= 0.6 is 11.6 Å². The van der Waals surface area contributed by atoms with Gasteiger partial charge in [-0.1, -0.05) is 23.7 Å². The molecule has 4 rings (SSSR count). The molecule has 9 nitrogen and oxygen atoms in total. The summed E-state index contributed by atoms with van der Waals surface area (Å²) in [6, 6.07) is 12.2. The van der Waals surface area contributed by atoms with E-state index >= 15 is 0 Å². The van der Waals surface area contributed by atoms with Crippen LogP contribution in [0.15, 0.2) is 53.6 Å². The number of fused-ring (bicyclic) bond motifs is 1. The molecule has 0 saturated carbocycles. The van der Waals surface area contributed by atoms with Gasteiger partial charge in [0.25, 0.3) is 5.56 Å². The molecule has 1 amide bonds. The smallest absolute Gasteiger partial charge is 0.303 e. The number of rotatable bonds is 8. The number of Topliss-reactive ketones (excluding diaryl/α,β-unsaturated/α-hetero) is 1. The largest absolute Gasteiger partial charge is 0.481 e. The molecule has 1 atom stereocenters. The maximum absolute atomic E-state index is 13.2. The topological polar surface area (TPSA) is 113 Å². The highest BCUT2D eigenvalue weighted by Crippen LogP contribution is 2.26. The Morgan fingerprint density at radius 2 is 1.72 bits per heavy atom. The molecule has 1 N–H and O–H groups in total. The molecular weight excluding hydrogens is 484 g/mol. The molecule has 1 unspecified atom stereocenters. The van der Waals surface area contributed by atoms with E-state index in [1.807, 2.05) is 6.07 Å². The van der Waals surface area contributed by atoms with Crippen LogP contribution < -0.4 is 10.5 Å². The van der Waals surface area contributed by atoms with E-state index in [1.54, 1.807) is 48.2 Å². The zero-order valence-corrected chi connectivity index (χ0v) is 20.6. The Labute approximate surface area is 212 Å². The van der Waals surface area contributed by atoms with Crippen LogP contribution in [0.2, 0.25) is 5.02 Å². The molecule has 1 aromatic heterocycles. The maximum Gasteiger partial charge on any atom is 0.303 e. The van der Waals surface area contributed by atoms with Crippen molar-refractivity contribution in [2.75, 3.05) is 31.1 Å². The molecule has 0 aliphatic carbocycles. The predicted octanol–water partition coefficient (Wildman–Crippen LogP) is 2.94. The minimum Gasteiger partial charge on any atom is -0.481 e. The Hall–Kier alpha value is -3.72. The Bertz CT molecular complexity index is 1350. The number of amides is 1. The predicted molar refractivity (Wildman–Crippen MR) is 137 cm³/mol. The fraction of sp³-hybridized carbons (Fsp3) is 0.346. The van der Waals surface area contributed by atoms with Crippen molar-refractivity contribution in [3.63, 3.8) is 0 Å². The number of aliphatic carboxylic acids is 1. The molecule has 0 spiro atoms. The molecular formula is C26H27ClN4O5. The van der Waals surface area contributed by atoms with E-state index in [0.717, 1.165) is 5.69 Å². The van der Waals surface area contributed by atoms with E-state index in [-0.39, 0.29) is 36.6 Å². The SMILES string of the molecule is CC(=O)N1CCN(c2ccc3ncn(CC(=O)CC(CC(=O)O)c4ccc(Cl)cc4)c(=O)c3c2)CC1. The van der Waals surface area contributed by atoms with Gasteiger partial charge < -0.3 is 14.9 Å². The fourth-order valence-corrected chi connectivity index (χ4v) is 4.64. The molecule has 1 fully saturated rings. The van der Waals surface area contributed by atoms with Gasteiger partial charge in [0, 0.05) is 56.2 Å². The van der Waals surface area contributed by atoms with E-state index in [9.17, 15) is 24.3 Å². The van der Waals surface area contributed by atoms with Gasteiger partial charge in [0.05, 0.1) is 30.2 Å². The number of hydrogen-bond donors (Lipinski definition) is 1. The second-order valence-corrected chi connectivity index (χ2v) is 9.40. The van der Waals surface area contributed by atoms with E-state index in [1.165, 1.54) is 10.9 Å². The summed E-state index contributed by atoms with van der Waals surface area (Å²) in [6.07, 6.45) is 1.11. The molecule has 2 heterocycles. The zero-order chi connectivity index (χ0) is 25.8. The summed E-state index contributed by atoms with van der Waals surface area (Å²) >= 11 is 5.93. The van der Waals surface area contributed by atoms with Gasteiger partial charge in [-0.05, 0) is 35.9 Å². The first-order chi connectivity index (χ1) is 17.2. The third-order valence-corrected chi connectivity index (χ3v) is 6.73. The van der Waals surface area contributed by atoms with Crippen LogP contribution in [0.25, 0.3) is 10.9 Å². The number of carbonyl (C=O) groups is 3. The number of carboxylic acids is 1. The first-order valence-electron chi connectivity index (χ1n) is 11.7. The van der Waals surface area contributed by atoms with Gasteiger partial charge in [-0.3, -0.25) is 23.7 Å². The molecule has 1 aliphatic rings. The zero-order valence-electron chi connectivity index (χ0n) is 19.9. The quantitative estimate of drug-likeness (QED) is 0.495. The highest BCUT2D eigenvalue weighted by molar-refractivity contribution is 6.30. The van der Waals surface area contributed by atoms with Gasteiger partial charge >= 0.3 is 5.97 Å². The Morgan fingerprint density at radius 1 is 1.03 bits per heavy atom. The monoisotopic (exact) mass is 510 g/mol. The second-order valence-electron chi connectivity index (χ2n) is 8.96. The number of halogens is 1. The normalized spacial score (nSPS) is 14.6. The summed E-state index contributed by atoms with van der Waals surface area (Å²) in [5.74, 6) is -1.76. The lowest BCUT2D eigenvalue weighted by Crippen LogP contribution is -2.48. The van der Waals surface area contributed by atoms with Crippen LogP contribution in [0.5, 0.6) is 0 Å². The molecule has 0 radical (unpaired) electrons. The molecule has 10 heteroatoms. The van der Waals surface area contributed by atoms with Gasteiger partial charge in [-0.15, -0.1) is 0 Å². The van der Waals surface area contributed by atoms with Crippen molar-refractivity contribution < 1.29 is 19.5 Å². The van der Waals surface area contributed by atoms with Crippen molar-refractivity contribution >= 4 is 45.9 Å². The number of piperazine rings is 1. The summed E-state index contributed by atoms with van der Waals surface area (Å²) in [5.41, 5.74) is 1.75. The number of carbonyl (C=O) groups excluding carboxylic acids is 2. The standard InChI is InChI=1S/C26H27ClN4O5/c1-17(32)29-8-10-30(11-9-29)21-6-7-24-23(14-21)26(36)31(16-28-24)15-22(33)12-19(13-25(34)35)18-2-4-20(27)5-3-18/h2-7,14,16,19H,8-13,15H2,1H3,(H,34,35). The van der Waals surface area contributed by atoms with Gasteiger partial charge in [0.15, 0.2) is 5.78 Å². The fourth-order valence-electron chi connectivity index (χ4n) is 4.52. The number of carboxylic acid groups (broad SMARTS) is 1. The number of nitrogens with zero attached hydrogens (tertiary/aromatic N) is 4. The Kier molecular flexibility index (Phi) is 7.69. The van der Waals surface area contributed by atoms with Crippen LogP contribution in [0.3, 0.4) is 0 Å². The minimum absolute atomic E-state index is 0.0289. The number of benzene rings is 2. The number of ketones is 1. The van der Waals surface area contributed by atoms with E-state index in [4.69, 9.17) is 11.6 Å². The highest BCUT2D eigenvalue weighted by Gasteiger charge is 2.22. The first-order valence-corrected chi connectivity index (χ1v) is 12.1. The third kappa shape index (κ3) is 5.91. The van der Waals surface area contributed by atoms with Gasteiger partial charge in [-0.2, -0.15) is 0 Å².